The quantitative estimate of drug-likeness (QED) is 0.615. The molecule has 2 aliphatic rings. The predicted octanol–water partition coefficient (Wildman–Crippen LogP) is 3.30. The first kappa shape index (κ1) is 17.6. The molecule has 0 aliphatic heterocycles. The van der Waals surface area contributed by atoms with Crippen molar-refractivity contribution in [1.29, 1.82) is 0 Å². The number of rotatable bonds is 7. The van der Waals surface area contributed by atoms with Gasteiger partial charge in [-0.25, -0.2) is 0 Å². The maximum atomic E-state index is 10.9. The lowest BCUT2D eigenvalue weighted by atomic mass is 9.61. The second kappa shape index (κ2) is 7.36. The molecular formula is C20H28O4. The van der Waals surface area contributed by atoms with E-state index in [0.29, 0.717) is 13.2 Å². The van der Waals surface area contributed by atoms with E-state index in [9.17, 15) is 5.11 Å². The fourth-order valence-electron chi connectivity index (χ4n) is 4.28. The third-order valence-electron chi connectivity index (χ3n) is 5.84. The van der Waals surface area contributed by atoms with E-state index in [0.717, 1.165) is 19.3 Å². The summed E-state index contributed by atoms with van der Waals surface area (Å²) in [5.41, 5.74) is 0.766. The molecule has 2 aliphatic carbocycles. The third kappa shape index (κ3) is 3.16. The highest BCUT2D eigenvalue weighted by atomic mass is 16.7. The smallest absolute Gasteiger partial charge is 0.146 e. The van der Waals surface area contributed by atoms with Crippen LogP contribution in [0.25, 0.3) is 0 Å². The van der Waals surface area contributed by atoms with E-state index in [1.807, 2.05) is 18.2 Å². The van der Waals surface area contributed by atoms with Crippen LogP contribution in [0.4, 0.5) is 0 Å². The van der Waals surface area contributed by atoms with E-state index in [1.165, 1.54) is 5.56 Å². The van der Waals surface area contributed by atoms with E-state index < -0.39 is 6.10 Å². The molecule has 4 nitrogen and oxygen atoms in total. The van der Waals surface area contributed by atoms with Crippen LogP contribution in [0.3, 0.4) is 0 Å². The Labute approximate surface area is 144 Å². The zero-order valence-corrected chi connectivity index (χ0v) is 14.6. The second-order valence-corrected chi connectivity index (χ2v) is 7.24. The Morgan fingerprint density at radius 3 is 2.79 bits per heavy atom. The molecule has 0 aromatic heterocycles. The summed E-state index contributed by atoms with van der Waals surface area (Å²) >= 11 is 0. The standard InChI is InChI=1S/C20H28O4/c1-19-10-6-7-11-20(19,12-17(18(19)21)24-15-22-2)14-23-13-16-8-4-3-5-9-16/h3-6,8-10,17-18,21H,7,11-15H2,1-2H3/t17-,18-,19-,20+/m0/s1. The molecule has 1 aromatic carbocycles. The zero-order valence-electron chi connectivity index (χ0n) is 14.6. The van der Waals surface area contributed by atoms with Crippen molar-refractivity contribution in [2.45, 2.75) is 45.0 Å². The van der Waals surface area contributed by atoms with Crippen LogP contribution >= 0.6 is 0 Å². The Hall–Kier alpha value is -1.20. The lowest BCUT2D eigenvalue weighted by Gasteiger charge is -2.45. The average molecular weight is 332 g/mol. The highest BCUT2D eigenvalue weighted by Gasteiger charge is 2.60. The first-order valence-electron chi connectivity index (χ1n) is 8.69. The topological polar surface area (TPSA) is 47.9 Å². The van der Waals surface area contributed by atoms with Crippen LogP contribution in [0.1, 0.15) is 31.7 Å². The fourth-order valence-corrected chi connectivity index (χ4v) is 4.28. The molecule has 1 fully saturated rings. The lowest BCUT2D eigenvalue weighted by molar-refractivity contribution is -0.112. The average Bonchev–Trinajstić information content (AvgIpc) is 2.82. The summed E-state index contributed by atoms with van der Waals surface area (Å²) in [6.07, 6.45) is 6.43. The molecule has 132 valence electrons. The van der Waals surface area contributed by atoms with Gasteiger partial charge in [0.15, 0.2) is 0 Å². The molecule has 4 heteroatoms. The Bertz CT molecular complexity index is 558. The van der Waals surface area contributed by atoms with E-state index >= 15 is 0 Å². The first-order valence-corrected chi connectivity index (χ1v) is 8.69. The Balaban J connectivity index is 1.71. The minimum atomic E-state index is -0.537. The normalized spacial score (nSPS) is 35.1. The molecule has 0 amide bonds. The van der Waals surface area contributed by atoms with Crippen LogP contribution in [-0.4, -0.2) is 37.8 Å². The van der Waals surface area contributed by atoms with Crippen molar-refractivity contribution < 1.29 is 19.3 Å². The highest BCUT2D eigenvalue weighted by molar-refractivity contribution is 5.21. The monoisotopic (exact) mass is 332 g/mol. The number of hydrogen-bond acceptors (Lipinski definition) is 4. The molecule has 1 N–H and O–H groups in total. The van der Waals surface area contributed by atoms with Crippen molar-refractivity contribution in [3.63, 3.8) is 0 Å². The van der Waals surface area contributed by atoms with E-state index in [4.69, 9.17) is 14.2 Å². The Morgan fingerprint density at radius 2 is 2.04 bits per heavy atom. The fraction of sp³-hybridized carbons (Fsp3) is 0.600. The molecule has 3 rings (SSSR count). The molecule has 0 bridgehead atoms. The summed E-state index contributed by atoms with van der Waals surface area (Å²) in [7, 11) is 1.61. The summed E-state index contributed by atoms with van der Waals surface area (Å²) in [5.74, 6) is 0. The second-order valence-electron chi connectivity index (χ2n) is 7.24. The van der Waals surface area contributed by atoms with Crippen LogP contribution in [0.15, 0.2) is 42.5 Å². The van der Waals surface area contributed by atoms with Crippen LogP contribution in [-0.2, 0) is 20.8 Å². The summed E-state index contributed by atoms with van der Waals surface area (Å²) in [6.45, 7) is 3.58. The summed E-state index contributed by atoms with van der Waals surface area (Å²) in [6, 6.07) is 10.2. The molecule has 0 saturated heterocycles. The largest absolute Gasteiger partial charge is 0.389 e. The maximum absolute atomic E-state index is 10.9. The number of hydrogen-bond donors (Lipinski definition) is 1. The van der Waals surface area contributed by atoms with Gasteiger partial charge in [-0.05, 0) is 24.8 Å². The van der Waals surface area contributed by atoms with Gasteiger partial charge in [0.1, 0.15) is 6.79 Å². The van der Waals surface area contributed by atoms with Crippen LogP contribution in [0.2, 0.25) is 0 Å². The Morgan fingerprint density at radius 1 is 1.25 bits per heavy atom. The van der Waals surface area contributed by atoms with Crippen molar-refractivity contribution in [3.8, 4) is 0 Å². The van der Waals surface area contributed by atoms with Gasteiger partial charge in [0, 0.05) is 17.9 Å². The number of allylic oxidation sites excluding steroid dienone is 1. The lowest BCUT2D eigenvalue weighted by Crippen LogP contribution is -2.45. The molecule has 1 saturated carbocycles. The maximum Gasteiger partial charge on any atom is 0.146 e. The number of ether oxygens (including phenoxy) is 3. The first-order chi connectivity index (χ1) is 11.6. The summed E-state index contributed by atoms with van der Waals surface area (Å²) in [4.78, 5) is 0. The zero-order chi connectivity index (χ0) is 17.0. The summed E-state index contributed by atoms with van der Waals surface area (Å²) in [5, 5.41) is 10.9. The van der Waals surface area contributed by atoms with Crippen molar-refractivity contribution in [2.75, 3.05) is 20.5 Å². The van der Waals surface area contributed by atoms with E-state index in [1.54, 1.807) is 7.11 Å². The van der Waals surface area contributed by atoms with Gasteiger partial charge in [-0.1, -0.05) is 49.4 Å². The van der Waals surface area contributed by atoms with Gasteiger partial charge in [0.25, 0.3) is 0 Å². The van der Waals surface area contributed by atoms with Gasteiger partial charge in [-0.2, -0.15) is 0 Å². The van der Waals surface area contributed by atoms with Crippen LogP contribution in [0, 0.1) is 10.8 Å². The van der Waals surface area contributed by atoms with Crippen molar-refractivity contribution in [1.82, 2.24) is 0 Å². The number of aliphatic hydroxyl groups is 1. The van der Waals surface area contributed by atoms with Crippen molar-refractivity contribution in [2.24, 2.45) is 10.8 Å². The SMILES string of the molecule is COCO[C@H]1C[C@@]2(COCc3ccccc3)CCC=C[C@@]2(C)[C@H]1O. The molecule has 4 atom stereocenters. The summed E-state index contributed by atoms with van der Waals surface area (Å²) < 4.78 is 16.9. The van der Waals surface area contributed by atoms with Gasteiger partial charge >= 0.3 is 0 Å². The third-order valence-corrected chi connectivity index (χ3v) is 5.84. The molecule has 24 heavy (non-hydrogen) atoms. The number of fused-ring (bicyclic) bond motifs is 1. The van der Waals surface area contributed by atoms with Crippen LogP contribution < -0.4 is 0 Å². The van der Waals surface area contributed by atoms with Crippen molar-refractivity contribution in [3.05, 3.63) is 48.0 Å². The van der Waals surface area contributed by atoms with Gasteiger partial charge in [-0.3, -0.25) is 0 Å². The number of methoxy groups -OCH3 is 1. The molecule has 0 unspecified atom stereocenters. The van der Waals surface area contributed by atoms with E-state index in [-0.39, 0.29) is 23.7 Å². The number of benzene rings is 1. The molecule has 0 radical (unpaired) electrons. The van der Waals surface area contributed by atoms with E-state index in [2.05, 4.69) is 31.2 Å². The van der Waals surface area contributed by atoms with Gasteiger partial charge in [0.2, 0.25) is 0 Å². The number of aliphatic hydroxyl groups excluding tert-OH is 1. The Kier molecular flexibility index (Phi) is 5.40. The minimum Gasteiger partial charge on any atom is -0.389 e. The molecule has 0 heterocycles. The van der Waals surface area contributed by atoms with Gasteiger partial charge in [-0.15, -0.1) is 0 Å². The molecule has 0 spiro atoms. The minimum absolute atomic E-state index is 0.0889. The predicted molar refractivity (Wildman–Crippen MR) is 92.4 cm³/mol. The molecule has 1 aromatic rings. The highest BCUT2D eigenvalue weighted by Crippen LogP contribution is 2.59. The van der Waals surface area contributed by atoms with Gasteiger partial charge in [0.05, 0.1) is 25.4 Å². The van der Waals surface area contributed by atoms with Gasteiger partial charge < -0.3 is 19.3 Å². The van der Waals surface area contributed by atoms with Crippen molar-refractivity contribution >= 4 is 0 Å². The van der Waals surface area contributed by atoms with Crippen LogP contribution in [0.5, 0.6) is 0 Å². The molecular weight excluding hydrogens is 304 g/mol.